The molecular weight excluding hydrogens is 328 g/mol. The van der Waals surface area contributed by atoms with Gasteiger partial charge in [0.15, 0.2) is 0 Å². The standard InChI is InChI=1S/C25H50N2/c1-4-6-7-8-9-10-11-12-13-14-15-16-17-18-19-20-22-27-24-23-26(21-5-2)25(27)3/h23-25H,4-22H2,1-3H3. The van der Waals surface area contributed by atoms with Crippen molar-refractivity contribution in [3.8, 4) is 0 Å². The Morgan fingerprint density at radius 3 is 1.26 bits per heavy atom. The first-order valence-corrected chi connectivity index (χ1v) is 12.5. The first kappa shape index (κ1) is 24.4. The monoisotopic (exact) mass is 378 g/mol. The van der Waals surface area contributed by atoms with E-state index in [0.717, 1.165) is 0 Å². The SMILES string of the molecule is CCCCCCCCCCCCCCCCCCN1C=CN(CCC)C1C. The Morgan fingerprint density at radius 2 is 0.852 bits per heavy atom. The normalized spacial score (nSPS) is 16.6. The van der Waals surface area contributed by atoms with E-state index < -0.39 is 0 Å². The first-order chi connectivity index (χ1) is 13.3. The highest BCUT2D eigenvalue weighted by molar-refractivity contribution is 4.95. The van der Waals surface area contributed by atoms with Crippen LogP contribution in [0.2, 0.25) is 0 Å². The molecule has 0 fully saturated rings. The van der Waals surface area contributed by atoms with Crippen molar-refractivity contribution >= 4 is 0 Å². The fourth-order valence-corrected chi connectivity index (χ4v) is 4.23. The summed E-state index contributed by atoms with van der Waals surface area (Å²) in [6.07, 6.45) is 29.5. The van der Waals surface area contributed by atoms with Crippen LogP contribution in [0.3, 0.4) is 0 Å². The highest BCUT2D eigenvalue weighted by Gasteiger charge is 2.19. The van der Waals surface area contributed by atoms with Gasteiger partial charge in [-0.05, 0) is 19.8 Å². The molecule has 1 atom stereocenters. The van der Waals surface area contributed by atoms with Gasteiger partial charge in [0.25, 0.3) is 0 Å². The third-order valence-corrected chi connectivity index (χ3v) is 6.16. The molecule has 2 nitrogen and oxygen atoms in total. The van der Waals surface area contributed by atoms with E-state index >= 15 is 0 Å². The Morgan fingerprint density at radius 1 is 0.481 bits per heavy atom. The lowest BCUT2D eigenvalue weighted by molar-refractivity contribution is 0.168. The van der Waals surface area contributed by atoms with Crippen molar-refractivity contribution in [2.24, 2.45) is 0 Å². The van der Waals surface area contributed by atoms with E-state index in [1.54, 1.807) is 0 Å². The molecule has 0 aromatic heterocycles. The molecule has 0 saturated carbocycles. The number of unbranched alkanes of at least 4 members (excludes halogenated alkanes) is 15. The van der Waals surface area contributed by atoms with Gasteiger partial charge in [0.2, 0.25) is 0 Å². The van der Waals surface area contributed by atoms with Crippen LogP contribution in [0.25, 0.3) is 0 Å². The van der Waals surface area contributed by atoms with Crippen molar-refractivity contribution in [2.45, 2.75) is 136 Å². The molecule has 2 heteroatoms. The van der Waals surface area contributed by atoms with Gasteiger partial charge >= 0.3 is 0 Å². The van der Waals surface area contributed by atoms with Crippen LogP contribution in [0, 0.1) is 0 Å². The molecule has 0 bridgehead atoms. The van der Waals surface area contributed by atoms with Gasteiger partial charge in [-0.1, -0.05) is 110 Å². The molecule has 27 heavy (non-hydrogen) atoms. The second kappa shape index (κ2) is 17.4. The second-order valence-corrected chi connectivity index (χ2v) is 8.71. The summed E-state index contributed by atoms with van der Waals surface area (Å²) < 4.78 is 0. The fraction of sp³-hybridized carbons (Fsp3) is 0.920. The lowest BCUT2D eigenvalue weighted by atomic mass is 10.0. The number of rotatable bonds is 19. The second-order valence-electron chi connectivity index (χ2n) is 8.71. The average Bonchev–Trinajstić information content (AvgIpc) is 3.01. The Kier molecular flexibility index (Phi) is 15.7. The van der Waals surface area contributed by atoms with Crippen LogP contribution < -0.4 is 0 Å². The summed E-state index contributed by atoms with van der Waals surface area (Å²) >= 11 is 0. The zero-order valence-electron chi connectivity index (χ0n) is 19.1. The van der Waals surface area contributed by atoms with Crippen LogP contribution in [0.15, 0.2) is 12.4 Å². The minimum absolute atomic E-state index is 0.571. The van der Waals surface area contributed by atoms with Crippen molar-refractivity contribution < 1.29 is 0 Å². The lowest BCUT2D eigenvalue weighted by Crippen LogP contribution is -2.36. The maximum atomic E-state index is 2.51. The first-order valence-electron chi connectivity index (χ1n) is 12.5. The molecule has 0 aromatic rings. The number of hydrogen-bond acceptors (Lipinski definition) is 2. The van der Waals surface area contributed by atoms with Gasteiger partial charge in [-0.25, -0.2) is 0 Å². The van der Waals surface area contributed by atoms with Gasteiger partial charge in [-0.2, -0.15) is 0 Å². The van der Waals surface area contributed by atoms with Gasteiger partial charge in [-0.3, -0.25) is 0 Å². The quantitative estimate of drug-likeness (QED) is 0.209. The third-order valence-electron chi connectivity index (χ3n) is 6.16. The van der Waals surface area contributed by atoms with Gasteiger partial charge in [0.05, 0.1) is 6.17 Å². The molecule has 0 spiro atoms. The van der Waals surface area contributed by atoms with Gasteiger partial charge in [-0.15, -0.1) is 0 Å². The summed E-state index contributed by atoms with van der Waals surface area (Å²) in [7, 11) is 0. The molecule has 1 rings (SSSR count). The van der Waals surface area contributed by atoms with Crippen molar-refractivity contribution in [1.82, 2.24) is 9.80 Å². The molecule has 160 valence electrons. The van der Waals surface area contributed by atoms with E-state index in [4.69, 9.17) is 0 Å². The van der Waals surface area contributed by atoms with E-state index in [0.29, 0.717) is 6.17 Å². The van der Waals surface area contributed by atoms with Crippen molar-refractivity contribution in [3.05, 3.63) is 12.4 Å². The van der Waals surface area contributed by atoms with Crippen LogP contribution in [-0.2, 0) is 0 Å². The van der Waals surface area contributed by atoms with E-state index in [9.17, 15) is 0 Å². The van der Waals surface area contributed by atoms with Gasteiger partial charge in [0, 0.05) is 25.5 Å². The van der Waals surface area contributed by atoms with Crippen LogP contribution in [0.5, 0.6) is 0 Å². The van der Waals surface area contributed by atoms with Crippen molar-refractivity contribution in [3.63, 3.8) is 0 Å². The minimum atomic E-state index is 0.571. The van der Waals surface area contributed by atoms with E-state index in [-0.39, 0.29) is 0 Å². The molecule has 1 unspecified atom stereocenters. The maximum absolute atomic E-state index is 2.51. The molecule has 0 aromatic carbocycles. The minimum Gasteiger partial charge on any atom is -0.356 e. The molecule has 0 aliphatic carbocycles. The van der Waals surface area contributed by atoms with E-state index in [2.05, 4.69) is 43.0 Å². The Labute approximate surface area is 171 Å². The van der Waals surface area contributed by atoms with Crippen LogP contribution in [0.1, 0.15) is 130 Å². The summed E-state index contributed by atoms with van der Waals surface area (Å²) in [4.78, 5) is 4.98. The van der Waals surface area contributed by atoms with Crippen LogP contribution in [-0.4, -0.2) is 29.1 Å². The molecule has 1 aliphatic heterocycles. The van der Waals surface area contributed by atoms with E-state index in [1.807, 2.05) is 0 Å². The molecule has 0 radical (unpaired) electrons. The van der Waals surface area contributed by atoms with Crippen LogP contribution >= 0.6 is 0 Å². The Balaban J connectivity index is 1.77. The lowest BCUT2D eigenvalue weighted by Gasteiger charge is -2.29. The topological polar surface area (TPSA) is 6.48 Å². The molecule has 0 amide bonds. The predicted molar refractivity (Wildman–Crippen MR) is 122 cm³/mol. The molecular formula is C25H50N2. The van der Waals surface area contributed by atoms with Crippen molar-refractivity contribution in [2.75, 3.05) is 13.1 Å². The zero-order valence-corrected chi connectivity index (χ0v) is 19.1. The van der Waals surface area contributed by atoms with Gasteiger partial charge in [0.1, 0.15) is 0 Å². The summed E-state index contributed by atoms with van der Waals surface area (Å²) in [6, 6.07) is 0. The highest BCUT2D eigenvalue weighted by atomic mass is 15.4. The summed E-state index contributed by atoms with van der Waals surface area (Å²) in [6.45, 7) is 9.32. The molecule has 0 N–H and O–H groups in total. The van der Waals surface area contributed by atoms with Gasteiger partial charge < -0.3 is 9.80 Å². The average molecular weight is 379 g/mol. The van der Waals surface area contributed by atoms with E-state index in [1.165, 1.54) is 122 Å². The highest BCUT2D eigenvalue weighted by Crippen LogP contribution is 2.17. The maximum Gasteiger partial charge on any atom is 0.0977 e. The largest absolute Gasteiger partial charge is 0.356 e. The third kappa shape index (κ3) is 12.4. The number of nitrogens with zero attached hydrogens (tertiary/aromatic N) is 2. The fourth-order valence-electron chi connectivity index (χ4n) is 4.23. The molecule has 0 saturated heterocycles. The molecule has 1 heterocycles. The molecule has 1 aliphatic rings. The zero-order chi connectivity index (χ0) is 19.6. The smallest absolute Gasteiger partial charge is 0.0977 e. The van der Waals surface area contributed by atoms with Crippen molar-refractivity contribution in [1.29, 1.82) is 0 Å². The predicted octanol–water partition coefficient (Wildman–Crippen LogP) is 8.09. The summed E-state index contributed by atoms with van der Waals surface area (Å²) in [5, 5.41) is 0. The van der Waals surface area contributed by atoms with Crippen LogP contribution in [0.4, 0.5) is 0 Å². The number of hydrogen-bond donors (Lipinski definition) is 0. The Bertz CT molecular complexity index is 339. The summed E-state index contributed by atoms with van der Waals surface area (Å²) in [5.74, 6) is 0. The Hall–Kier alpha value is -0.660. The summed E-state index contributed by atoms with van der Waals surface area (Å²) in [5.41, 5.74) is 0.